The first-order valence-corrected chi connectivity index (χ1v) is 15.2. The van der Waals surface area contributed by atoms with Gasteiger partial charge in [-0.25, -0.2) is 9.97 Å². The van der Waals surface area contributed by atoms with Crippen LogP contribution in [0.3, 0.4) is 0 Å². The fourth-order valence-corrected chi connectivity index (χ4v) is 4.14. The zero-order valence-electron chi connectivity index (χ0n) is 26.6. The van der Waals surface area contributed by atoms with E-state index in [0.717, 1.165) is 38.1 Å². The average Bonchev–Trinajstić information content (AvgIpc) is 3.02. The van der Waals surface area contributed by atoms with Crippen LogP contribution in [0.4, 0.5) is 49.6 Å². The predicted molar refractivity (Wildman–Crippen MR) is 168 cm³/mol. The highest BCUT2D eigenvalue weighted by Crippen LogP contribution is 2.36. The molecule has 254 valence electrons. The molecule has 0 aliphatic rings. The summed E-state index contributed by atoms with van der Waals surface area (Å²) in [5.74, 6) is -0.799. The van der Waals surface area contributed by atoms with Crippen molar-refractivity contribution < 1.29 is 35.8 Å². The number of halogens is 6. The van der Waals surface area contributed by atoms with Gasteiger partial charge in [0.25, 0.3) is 0 Å². The average molecular weight is 665 g/mol. The Hall–Kier alpha value is -4.62. The maximum atomic E-state index is 13.0. The third-order valence-electron chi connectivity index (χ3n) is 6.34. The molecule has 2 heterocycles. The molecule has 2 N–H and O–H groups in total. The van der Waals surface area contributed by atoms with Crippen molar-refractivity contribution in [3.05, 3.63) is 83.2 Å². The number of anilines is 4. The Labute approximate surface area is 270 Å². The number of aryl methyl sites for hydroxylation is 2. The van der Waals surface area contributed by atoms with Crippen molar-refractivity contribution in [2.75, 3.05) is 23.8 Å². The fourth-order valence-electron chi connectivity index (χ4n) is 4.14. The molecular formula is C33H38F6N6O2. The predicted octanol–water partition coefficient (Wildman–Crippen LogP) is 9.57. The first kappa shape index (κ1) is 36.8. The lowest BCUT2D eigenvalue weighted by Gasteiger charge is -2.13. The minimum Gasteiger partial charge on any atom is -0.477 e. The van der Waals surface area contributed by atoms with Crippen LogP contribution in [0.15, 0.2) is 60.9 Å². The first-order chi connectivity index (χ1) is 22.4. The van der Waals surface area contributed by atoms with E-state index in [1.807, 2.05) is 55.5 Å². The fraction of sp³-hybridized carbons (Fsp3) is 0.394. The molecule has 0 aliphatic carbocycles. The minimum absolute atomic E-state index is 0.0599. The van der Waals surface area contributed by atoms with Gasteiger partial charge in [-0.05, 0) is 61.6 Å². The molecule has 0 saturated heterocycles. The van der Waals surface area contributed by atoms with Crippen molar-refractivity contribution in [1.29, 1.82) is 0 Å². The molecule has 0 amide bonds. The van der Waals surface area contributed by atoms with Crippen LogP contribution in [0.25, 0.3) is 0 Å². The zero-order chi connectivity index (χ0) is 34.5. The molecule has 0 bridgehead atoms. The number of nitrogens with zero attached hydrogens (tertiary/aromatic N) is 4. The molecule has 14 heteroatoms. The maximum absolute atomic E-state index is 13.0. The summed E-state index contributed by atoms with van der Waals surface area (Å²) in [4.78, 5) is 15.2. The van der Waals surface area contributed by atoms with E-state index in [1.165, 1.54) is 11.1 Å². The highest BCUT2D eigenvalue weighted by molar-refractivity contribution is 5.55. The Balaban J connectivity index is 0.000000256. The Morgan fingerprint density at radius 2 is 0.979 bits per heavy atom. The second-order valence-electron chi connectivity index (χ2n) is 10.2. The highest BCUT2D eigenvalue weighted by atomic mass is 19.4. The number of hydrogen-bond donors (Lipinski definition) is 2. The van der Waals surface area contributed by atoms with Gasteiger partial charge in [0.1, 0.15) is 11.1 Å². The van der Waals surface area contributed by atoms with Crippen molar-refractivity contribution in [2.45, 2.75) is 72.2 Å². The molecule has 4 aromatic rings. The molecule has 2 aromatic carbocycles. The number of nitrogens with one attached hydrogen (secondary N) is 2. The van der Waals surface area contributed by atoms with Crippen LogP contribution >= 0.6 is 0 Å². The zero-order valence-corrected chi connectivity index (χ0v) is 26.6. The lowest BCUT2D eigenvalue weighted by atomic mass is 10.1. The lowest BCUT2D eigenvalue weighted by molar-refractivity contribution is -0.140. The highest BCUT2D eigenvalue weighted by Gasteiger charge is 2.37. The van der Waals surface area contributed by atoms with Gasteiger partial charge in [0.15, 0.2) is 0 Å². The summed E-state index contributed by atoms with van der Waals surface area (Å²) < 4.78 is 87.6. The van der Waals surface area contributed by atoms with E-state index in [1.54, 1.807) is 6.92 Å². The van der Waals surface area contributed by atoms with Crippen LogP contribution < -0.4 is 20.1 Å². The van der Waals surface area contributed by atoms with Crippen molar-refractivity contribution in [2.24, 2.45) is 0 Å². The van der Waals surface area contributed by atoms with Crippen molar-refractivity contribution >= 4 is 23.3 Å². The smallest absolute Gasteiger partial charge is 0.423 e. The van der Waals surface area contributed by atoms with Crippen LogP contribution in [-0.2, 0) is 25.2 Å². The molecule has 0 radical (unpaired) electrons. The third kappa shape index (κ3) is 11.6. The SMILES string of the molecule is CCCOc1nc(Nc2ccc(CCC)cc2)ncc1C(F)(F)F.CCCc1ccc(Nc2ncc(C(F)(F)F)c(OCC)n2)cc1. The molecule has 2 aromatic heterocycles. The quantitative estimate of drug-likeness (QED) is 0.137. The normalized spacial score (nSPS) is 11.4. The number of alkyl halides is 6. The van der Waals surface area contributed by atoms with Crippen molar-refractivity contribution in [1.82, 2.24) is 19.9 Å². The van der Waals surface area contributed by atoms with E-state index >= 15 is 0 Å². The third-order valence-corrected chi connectivity index (χ3v) is 6.34. The van der Waals surface area contributed by atoms with Gasteiger partial charge in [0, 0.05) is 23.8 Å². The van der Waals surface area contributed by atoms with Crippen molar-refractivity contribution in [3.8, 4) is 11.8 Å². The van der Waals surface area contributed by atoms with Crippen LogP contribution in [0.1, 0.15) is 69.2 Å². The monoisotopic (exact) mass is 664 g/mol. The van der Waals surface area contributed by atoms with Gasteiger partial charge < -0.3 is 20.1 Å². The number of aromatic nitrogens is 4. The number of hydrogen-bond acceptors (Lipinski definition) is 8. The largest absolute Gasteiger partial charge is 0.477 e. The summed E-state index contributed by atoms with van der Waals surface area (Å²) in [5.41, 5.74) is 1.84. The van der Waals surface area contributed by atoms with Crippen LogP contribution in [-0.4, -0.2) is 33.1 Å². The summed E-state index contributed by atoms with van der Waals surface area (Å²) in [7, 11) is 0. The maximum Gasteiger partial charge on any atom is 0.423 e. The second-order valence-corrected chi connectivity index (χ2v) is 10.2. The van der Waals surface area contributed by atoms with Crippen LogP contribution in [0.5, 0.6) is 11.8 Å². The summed E-state index contributed by atoms with van der Waals surface area (Å²) in [5, 5.41) is 5.78. The van der Waals surface area contributed by atoms with E-state index in [2.05, 4.69) is 44.4 Å². The van der Waals surface area contributed by atoms with E-state index in [9.17, 15) is 26.3 Å². The van der Waals surface area contributed by atoms with Gasteiger partial charge >= 0.3 is 12.4 Å². The molecule has 0 unspecified atom stereocenters. The van der Waals surface area contributed by atoms with Gasteiger partial charge in [-0.2, -0.15) is 36.3 Å². The Bertz CT molecular complexity index is 1530. The van der Waals surface area contributed by atoms with Crippen LogP contribution in [0.2, 0.25) is 0 Å². The first-order valence-electron chi connectivity index (χ1n) is 15.2. The number of rotatable bonds is 13. The lowest BCUT2D eigenvalue weighted by Crippen LogP contribution is -2.12. The molecule has 47 heavy (non-hydrogen) atoms. The van der Waals surface area contributed by atoms with E-state index < -0.39 is 35.2 Å². The number of benzene rings is 2. The van der Waals surface area contributed by atoms with Gasteiger partial charge in [-0.1, -0.05) is 57.9 Å². The molecule has 8 nitrogen and oxygen atoms in total. The van der Waals surface area contributed by atoms with E-state index in [4.69, 9.17) is 9.47 Å². The molecule has 0 spiro atoms. The van der Waals surface area contributed by atoms with Gasteiger partial charge in [-0.3, -0.25) is 0 Å². The summed E-state index contributed by atoms with van der Waals surface area (Å²) >= 11 is 0. The van der Waals surface area contributed by atoms with E-state index in [0.29, 0.717) is 17.8 Å². The molecular weight excluding hydrogens is 626 g/mol. The summed E-state index contributed by atoms with van der Waals surface area (Å²) in [6.45, 7) is 7.85. The Morgan fingerprint density at radius 3 is 1.32 bits per heavy atom. The van der Waals surface area contributed by atoms with Crippen LogP contribution in [0, 0.1) is 0 Å². The Kier molecular flexibility index (Phi) is 13.6. The molecule has 0 aliphatic heterocycles. The number of ether oxygens (including phenoxy) is 2. The standard InChI is InChI=1S/C17H20F3N3O.C16H18F3N3O/c1-3-5-12-6-8-13(9-7-12)22-16-21-11-14(17(18,19)20)15(23-16)24-10-4-2;1-3-5-11-6-8-12(9-7-11)21-15-20-10-13(16(17,18)19)14(22-15)23-4-2/h6-9,11H,3-5,10H2,1-2H3,(H,21,22,23);6-10H,3-5H2,1-2H3,(H,20,21,22). The summed E-state index contributed by atoms with van der Waals surface area (Å²) in [6.07, 6.45) is -2.99. The molecule has 0 fully saturated rings. The Morgan fingerprint density at radius 1 is 0.574 bits per heavy atom. The second kappa shape index (κ2) is 17.3. The van der Waals surface area contributed by atoms with Crippen molar-refractivity contribution in [3.63, 3.8) is 0 Å². The minimum atomic E-state index is -4.55. The molecule has 4 rings (SSSR count). The van der Waals surface area contributed by atoms with Gasteiger partial charge in [-0.15, -0.1) is 0 Å². The topological polar surface area (TPSA) is 94.1 Å². The van der Waals surface area contributed by atoms with Gasteiger partial charge in [0.05, 0.1) is 13.2 Å². The summed E-state index contributed by atoms with van der Waals surface area (Å²) in [6, 6.07) is 15.2. The van der Waals surface area contributed by atoms with E-state index in [-0.39, 0.29) is 25.1 Å². The molecule has 0 saturated carbocycles. The molecule has 0 atom stereocenters. The van der Waals surface area contributed by atoms with Gasteiger partial charge in [0.2, 0.25) is 23.7 Å².